The normalized spacial score (nSPS) is 11.0. The van der Waals surface area contributed by atoms with Crippen molar-refractivity contribution in [3.8, 4) is 17.3 Å². The number of hydrogen-bond acceptors (Lipinski definition) is 5. The van der Waals surface area contributed by atoms with Gasteiger partial charge in [0.15, 0.2) is 5.82 Å². The summed E-state index contributed by atoms with van der Waals surface area (Å²) in [6, 6.07) is 14.6. The smallest absolute Gasteiger partial charge is 0.225 e. The summed E-state index contributed by atoms with van der Waals surface area (Å²) in [5, 5.41) is 9.45. The van der Waals surface area contributed by atoms with Gasteiger partial charge in [-0.05, 0) is 56.2 Å². The first kappa shape index (κ1) is 23.9. The number of nitrogens with zero attached hydrogens (tertiary/aromatic N) is 3. The van der Waals surface area contributed by atoms with Crippen LogP contribution < -0.4 is 14.8 Å². The van der Waals surface area contributed by atoms with Gasteiger partial charge in [-0.1, -0.05) is 35.3 Å². The van der Waals surface area contributed by atoms with E-state index in [1.54, 1.807) is 30.0 Å². The number of fused-ring (bicyclic) bond motifs is 1. The minimum atomic E-state index is -0.151. The number of carbonyl (C=O) groups is 1. The van der Waals surface area contributed by atoms with Gasteiger partial charge in [0.2, 0.25) is 5.91 Å². The van der Waals surface area contributed by atoms with Crippen LogP contribution in [0.1, 0.15) is 24.1 Å². The van der Waals surface area contributed by atoms with Crippen molar-refractivity contribution < 1.29 is 14.3 Å². The van der Waals surface area contributed by atoms with Crippen LogP contribution in [0.5, 0.6) is 11.5 Å². The van der Waals surface area contributed by atoms with Gasteiger partial charge in [-0.15, -0.1) is 0 Å². The van der Waals surface area contributed by atoms with Crippen molar-refractivity contribution in [1.29, 1.82) is 0 Å². The van der Waals surface area contributed by atoms with E-state index in [1.165, 1.54) is 0 Å². The van der Waals surface area contributed by atoms with Crippen LogP contribution in [-0.2, 0) is 4.79 Å². The number of pyridine rings is 1. The van der Waals surface area contributed by atoms with Crippen LogP contribution in [0.2, 0.25) is 10.0 Å². The molecule has 0 fully saturated rings. The molecule has 0 aliphatic heterocycles. The highest BCUT2D eigenvalue weighted by Gasteiger charge is 2.15. The van der Waals surface area contributed by atoms with Crippen molar-refractivity contribution in [3.05, 3.63) is 69.8 Å². The summed E-state index contributed by atoms with van der Waals surface area (Å²) in [5.41, 5.74) is 2.53. The van der Waals surface area contributed by atoms with Crippen molar-refractivity contribution in [2.24, 2.45) is 0 Å². The number of anilines is 1. The number of hydrogen-bond donors (Lipinski definition) is 1. The molecular weight excluding hydrogens is 475 g/mol. The number of nitrogens with one attached hydrogen (secondary N) is 1. The van der Waals surface area contributed by atoms with Gasteiger partial charge < -0.3 is 14.8 Å². The molecule has 0 saturated carbocycles. The summed E-state index contributed by atoms with van der Waals surface area (Å²) in [6.45, 7) is 4.22. The van der Waals surface area contributed by atoms with E-state index in [9.17, 15) is 4.79 Å². The third kappa shape index (κ3) is 5.26. The van der Waals surface area contributed by atoms with E-state index in [4.69, 9.17) is 37.7 Å². The summed E-state index contributed by atoms with van der Waals surface area (Å²) in [5.74, 6) is 2.21. The maximum absolute atomic E-state index is 12.6. The van der Waals surface area contributed by atoms with Crippen molar-refractivity contribution in [3.63, 3.8) is 0 Å². The summed E-state index contributed by atoms with van der Waals surface area (Å²) >= 11 is 12.0. The molecule has 0 saturated heterocycles. The highest BCUT2D eigenvalue weighted by Crippen LogP contribution is 2.29. The molecule has 0 spiro atoms. The minimum absolute atomic E-state index is 0.151. The second-order valence-electron chi connectivity index (χ2n) is 7.81. The fraction of sp³-hybridized carbons (Fsp3) is 0.240. The average molecular weight is 499 g/mol. The Balaban J connectivity index is 1.46. The number of rotatable bonds is 8. The van der Waals surface area contributed by atoms with E-state index < -0.39 is 0 Å². The number of halogens is 2. The van der Waals surface area contributed by atoms with Crippen LogP contribution in [0.4, 0.5) is 5.82 Å². The van der Waals surface area contributed by atoms with Crippen molar-refractivity contribution in [2.75, 3.05) is 19.0 Å². The van der Waals surface area contributed by atoms with E-state index >= 15 is 0 Å². The maximum atomic E-state index is 12.6. The Morgan fingerprint density at radius 1 is 1.09 bits per heavy atom. The molecule has 0 bridgehead atoms. The van der Waals surface area contributed by atoms with E-state index in [1.807, 2.05) is 44.2 Å². The van der Waals surface area contributed by atoms with Gasteiger partial charge in [0.1, 0.15) is 22.8 Å². The predicted octanol–water partition coefficient (Wildman–Crippen LogP) is 6.15. The lowest BCUT2D eigenvalue weighted by molar-refractivity contribution is -0.116. The molecule has 1 N–H and O–H groups in total. The molecule has 2 heterocycles. The van der Waals surface area contributed by atoms with Gasteiger partial charge in [-0.2, -0.15) is 9.78 Å². The van der Waals surface area contributed by atoms with E-state index in [0.717, 1.165) is 22.2 Å². The molecule has 0 aliphatic carbocycles. The molecule has 176 valence electrons. The molecule has 0 radical (unpaired) electrons. The van der Waals surface area contributed by atoms with Gasteiger partial charge in [-0.3, -0.25) is 4.79 Å². The number of methoxy groups -OCH3 is 1. The maximum Gasteiger partial charge on any atom is 0.225 e. The standard InChI is InChI=1S/C25H24Cl2N4O3/c1-15-12-22(29-25-18(15)6-4-7-21(25)33-3)31-23(13-16(2)30-31)28-24(32)8-5-11-34-20-10-9-17(26)14-19(20)27/h4,6-7,9-10,12-14H,5,8,11H2,1-3H3,(H,28,32). The topological polar surface area (TPSA) is 78.3 Å². The molecule has 1 amide bonds. The molecule has 7 nitrogen and oxygen atoms in total. The monoisotopic (exact) mass is 498 g/mol. The first-order chi connectivity index (χ1) is 16.4. The Morgan fingerprint density at radius 3 is 2.68 bits per heavy atom. The van der Waals surface area contributed by atoms with Crippen LogP contribution >= 0.6 is 23.2 Å². The first-order valence-corrected chi connectivity index (χ1v) is 11.5. The van der Waals surface area contributed by atoms with Crippen molar-refractivity contribution >= 4 is 45.8 Å². The van der Waals surface area contributed by atoms with Crippen LogP contribution in [0.15, 0.2) is 48.5 Å². The third-order valence-electron chi connectivity index (χ3n) is 5.23. The Bertz CT molecular complexity index is 1350. The number of aryl methyl sites for hydroxylation is 2. The molecule has 9 heteroatoms. The van der Waals surface area contributed by atoms with Gasteiger partial charge in [0, 0.05) is 22.9 Å². The predicted molar refractivity (Wildman–Crippen MR) is 135 cm³/mol. The molecule has 0 aliphatic rings. The van der Waals surface area contributed by atoms with Gasteiger partial charge in [0.25, 0.3) is 0 Å². The fourth-order valence-corrected chi connectivity index (χ4v) is 4.09. The number of para-hydroxylation sites is 1. The van der Waals surface area contributed by atoms with Crippen LogP contribution in [-0.4, -0.2) is 34.4 Å². The SMILES string of the molecule is COc1cccc2c(C)cc(-n3nc(C)cc3NC(=O)CCCOc3ccc(Cl)cc3Cl)nc12. The number of amides is 1. The first-order valence-electron chi connectivity index (χ1n) is 10.7. The highest BCUT2D eigenvalue weighted by atomic mass is 35.5. The van der Waals surface area contributed by atoms with Crippen LogP contribution in [0.3, 0.4) is 0 Å². The second kappa shape index (κ2) is 10.3. The highest BCUT2D eigenvalue weighted by molar-refractivity contribution is 6.35. The number of benzene rings is 2. The minimum Gasteiger partial charge on any atom is -0.494 e. The molecule has 0 atom stereocenters. The molecule has 4 rings (SSSR count). The number of ether oxygens (including phenoxy) is 2. The summed E-state index contributed by atoms with van der Waals surface area (Å²) < 4.78 is 12.8. The van der Waals surface area contributed by atoms with E-state index in [0.29, 0.717) is 46.2 Å². The molecule has 2 aromatic carbocycles. The Labute approximate surface area is 207 Å². The molecule has 2 aromatic heterocycles. The molecule has 0 unspecified atom stereocenters. The van der Waals surface area contributed by atoms with Crippen LogP contribution in [0, 0.1) is 13.8 Å². The van der Waals surface area contributed by atoms with E-state index in [-0.39, 0.29) is 12.3 Å². The molecule has 4 aromatic rings. The van der Waals surface area contributed by atoms with Crippen molar-refractivity contribution in [2.45, 2.75) is 26.7 Å². The lowest BCUT2D eigenvalue weighted by Crippen LogP contribution is -2.16. The van der Waals surface area contributed by atoms with Crippen molar-refractivity contribution in [1.82, 2.24) is 14.8 Å². The number of carbonyl (C=O) groups excluding carboxylic acids is 1. The summed E-state index contributed by atoms with van der Waals surface area (Å²) in [6.07, 6.45) is 0.788. The molecular formula is C25H24Cl2N4O3. The number of aromatic nitrogens is 3. The quantitative estimate of drug-likeness (QED) is 0.294. The zero-order chi connectivity index (χ0) is 24.2. The Morgan fingerprint density at radius 2 is 1.91 bits per heavy atom. The van der Waals surface area contributed by atoms with Gasteiger partial charge in [0.05, 0.1) is 24.4 Å². The lowest BCUT2D eigenvalue weighted by atomic mass is 10.1. The zero-order valence-electron chi connectivity index (χ0n) is 19.1. The largest absolute Gasteiger partial charge is 0.494 e. The Hall–Kier alpha value is -3.29. The summed E-state index contributed by atoms with van der Waals surface area (Å²) in [4.78, 5) is 17.4. The van der Waals surface area contributed by atoms with E-state index in [2.05, 4.69) is 10.4 Å². The lowest BCUT2D eigenvalue weighted by Gasteiger charge is -2.12. The second-order valence-corrected chi connectivity index (χ2v) is 8.66. The fourth-order valence-electron chi connectivity index (χ4n) is 3.62. The van der Waals surface area contributed by atoms with Gasteiger partial charge in [-0.25, -0.2) is 4.98 Å². The molecule has 34 heavy (non-hydrogen) atoms. The van der Waals surface area contributed by atoms with Gasteiger partial charge >= 0.3 is 0 Å². The third-order valence-corrected chi connectivity index (χ3v) is 5.76. The summed E-state index contributed by atoms with van der Waals surface area (Å²) in [7, 11) is 1.62. The average Bonchev–Trinajstić information content (AvgIpc) is 3.17. The van der Waals surface area contributed by atoms with Crippen LogP contribution in [0.25, 0.3) is 16.7 Å². The zero-order valence-corrected chi connectivity index (χ0v) is 20.6. The Kier molecular flexibility index (Phi) is 7.24.